The van der Waals surface area contributed by atoms with E-state index >= 15 is 0 Å². The van der Waals surface area contributed by atoms with Gasteiger partial charge in [0.1, 0.15) is 5.75 Å². The Morgan fingerprint density at radius 3 is 2.47 bits per heavy atom. The summed E-state index contributed by atoms with van der Waals surface area (Å²) in [6, 6.07) is 2.28. The van der Waals surface area contributed by atoms with Crippen LogP contribution < -0.4 is 19.5 Å². The zero-order valence-corrected chi connectivity index (χ0v) is 12.3. The molecule has 0 saturated carbocycles. The summed E-state index contributed by atoms with van der Waals surface area (Å²) in [6.07, 6.45) is 3.20. The monoisotopic (exact) mass is 285 g/mol. The molecule has 1 aliphatic heterocycles. The minimum atomic E-state index is 0.449. The molecule has 4 nitrogen and oxygen atoms in total. The Morgan fingerprint density at radius 1 is 1.21 bits per heavy atom. The van der Waals surface area contributed by atoms with Crippen LogP contribution in [0.25, 0.3) is 0 Å². The molecule has 0 aliphatic carbocycles. The summed E-state index contributed by atoms with van der Waals surface area (Å²) in [4.78, 5) is 0. The average molecular weight is 286 g/mol. The van der Waals surface area contributed by atoms with Gasteiger partial charge in [-0.15, -0.1) is 0 Å². The molecule has 1 aliphatic rings. The van der Waals surface area contributed by atoms with Crippen LogP contribution >= 0.6 is 11.6 Å². The van der Waals surface area contributed by atoms with Crippen LogP contribution in [0.2, 0.25) is 5.02 Å². The van der Waals surface area contributed by atoms with E-state index in [0.717, 1.165) is 30.7 Å². The molecule has 0 amide bonds. The smallest absolute Gasteiger partial charge is 0.179 e. The maximum absolute atomic E-state index is 6.44. The topological polar surface area (TPSA) is 39.7 Å². The number of halogens is 1. The number of nitrogens with one attached hydrogen (secondary N) is 1. The van der Waals surface area contributed by atoms with Crippen LogP contribution in [0.3, 0.4) is 0 Å². The molecule has 1 heterocycles. The molecule has 1 atom stereocenters. The van der Waals surface area contributed by atoms with E-state index < -0.39 is 0 Å². The molecule has 19 heavy (non-hydrogen) atoms. The van der Waals surface area contributed by atoms with Gasteiger partial charge in [-0.25, -0.2) is 0 Å². The van der Waals surface area contributed by atoms with Crippen molar-refractivity contribution in [1.29, 1.82) is 0 Å². The summed E-state index contributed by atoms with van der Waals surface area (Å²) in [7, 11) is 4.82. The number of ether oxygens (including phenoxy) is 3. The van der Waals surface area contributed by atoms with E-state index in [-0.39, 0.29) is 0 Å². The zero-order valence-electron chi connectivity index (χ0n) is 11.6. The highest BCUT2D eigenvalue weighted by Gasteiger charge is 2.23. The molecule has 106 valence electrons. The molecular weight excluding hydrogens is 266 g/mol. The van der Waals surface area contributed by atoms with Crippen LogP contribution in [0.4, 0.5) is 0 Å². The molecule has 1 aromatic carbocycles. The van der Waals surface area contributed by atoms with Crippen LogP contribution in [0.15, 0.2) is 6.07 Å². The van der Waals surface area contributed by atoms with Gasteiger partial charge in [-0.05, 0) is 25.8 Å². The SMILES string of the molecule is COc1cc(OC)c(OC)c(Cl)c1CC1CCCN1. The first-order valence-electron chi connectivity index (χ1n) is 6.42. The number of benzene rings is 1. The molecule has 1 unspecified atom stereocenters. The number of rotatable bonds is 5. The fourth-order valence-corrected chi connectivity index (χ4v) is 2.86. The second kappa shape index (κ2) is 6.35. The first-order valence-corrected chi connectivity index (χ1v) is 6.79. The van der Waals surface area contributed by atoms with Crippen LogP contribution in [-0.2, 0) is 6.42 Å². The second-order valence-corrected chi connectivity index (χ2v) is 4.98. The minimum absolute atomic E-state index is 0.449. The molecule has 1 fully saturated rings. The predicted molar refractivity (Wildman–Crippen MR) is 75.8 cm³/mol. The third-order valence-corrected chi connectivity index (χ3v) is 3.90. The van der Waals surface area contributed by atoms with Crippen molar-refractivity contribution in [3.8, 4) is 17.2 Å². The summed E-state index contributed by atoms with van der Waals surface area (Å²) < 4.78 is 16.0. The summed E-state index contributed by atoms with van der Waals surface area (Å²) in [5.74, 6) is 1.90. The lowest BCUT2D eigenvalue weighted by Gasteiger charge is -2.19. The van der Waals surface area contributed by atoms with Crippen molar-refractivity contribution in [2.75, 3.05) is 27.9 Å². The predicted octanol–water partition coefficient (Wildman–Crippen LogP) is 2.66. The number of hydrogen-bond acceptors (Lipinski definition) is 4. The lowest BCUT2D eigenvalue weighted by Crippen LogP contribution is -2.24. The van der Waals surface area contributed by atoms with E-state index in [1.807, 2.05) is 6.07 Å². The van der Waals surface area contributed by atoms with E-state index in [2.05, 4.69) is 5.32 Å². The van der Waals surface area contributed by atoms with Crippen LogP contribution in [-0.4, -0.2) is 33.9 Å². The Bertz CT molecular complexity index is 445. The molecule has 0 spiro atoms. The van der Waals surface area contributed by atoms with Crippen molar-refractivity contribution >= 4 is 11.6 Å². The molecule has 0 radical (unpaired) electrons. The van der Waals surface area contributed by atoms with Crippen molar-refractivity contribution in [3.05, 3.63) is 16.7 Å². The van der Waals surface area contributed by atoms with Crippen LogP contribution in [0.5, 0.6) is 17.2 Å². The van der Waals surface area contributed by atoms with Crippen LogP contribution in [0.1, 0.15) is 18.4 Å². The molecule has 1 N–H and O–H groups in total. The van der Waals surface area contributed by atoms with Gasteiger partial charge in [0.2, 0.25) is 0 Å². The summed E-state index contributed by atoms with van der Waals surface area (Å²) >= 11 is 6.44. The van der Waals surface area contributed by atoms with Gasteiger partial charge in [-0.3, -0.25) is 0 Å². The molecule has 1 aromatic rings. The number of methoxy groups -OCH3 is 3. The van der Waals surface area contributed by atoms with E-state index in [1.54, 1.807) is 21.3 Å². The Kier molecular flexibility index (Phi) is 4.77. The van der Waals surface area contributed by atoms with Gasteiger partial charge >= 0.3 is 0 Å². The summed E-state index contributed by atoms with van der Waals surface area (Å²) in [6.45, 7) is 1.07. The summed E-state index contributed by atoms with van der Waals surface area (Å²) in [5.41, 5.74) is 0.973. The van der Waals surface area contributed by atoms with E-state index in [9.17, 15) is 0 Å². The highest BCUT2D eigenvalue weighted by Crippen LogP contribution is 2.43. The molecule has 0 aromatic heterocycles. The van der Waals surface area contributed by atoms with Gasteiger partial charge in [0.15, 0.2) is 11.5 Å². The zero-order chi connectivity index (χ0) is 13.8. The Labute approximate surface area is 119 Å². The van der Waals surface area contributed by atoms with Gasteiger partial charge in [0, 0.05) is 17.7 Å². The van der Waals surface area contributed by atoms with Crippen molar-refractivity contribution in [1.82, 2.24) is 5.32 Å². The lowest BCUT2D eigenvalue weighted by atomic mass is 10.0. The minimum Gasteiger partial charge on any atom is -0.496 e. The molecule has 1 saturated heterocycles. The Hall–Kier alpha value is -1.13. The third kappa shape index (κ3) is 2.90. The highest BCUT2D eigenvalue weighted by atomic mass is 35.5. The first-order chi connectivity index (χ1) is 9.21. The second-order valence-electron chi connectivity index (χ2n) is 4.60. The maximum atomic E-state index is 6.44. The third-order valence-electron chi connectivity index (χ3n) is 3.50. The fraction of sp³-hybridized carbons (Fsp3) is 0.571. The van der Waals surface area contributed by atoms with Gasteiger partial charge in [-0.2, -0.15) is 0 Å². The van der Waals surface area contributed by atoms with Gasteiger partial charge in [0.25, 0.3) is 0 Å². The molecule has 5 heteroatoms. The standard InChI is InChI=1S/C14H20ClNO3/c1-17-11-8-12(18-2)14(19-3)13(15)10(11)7-9-5-4-6-16-9/h8-9,16H,4-7H2,1-3H3. The Balaban J connectivity index is 2.38. The van der Waals surface area contributed by atoms with E-state index in [0.29, 0.717) is 22.6 Å². The molecule has 0 bridgehead atoms. The van der Waals surface area contributed by atoms with Crippen LogP contribution in [0, 0.1) is 0 Å². The summed E-state index contributed by atoms with van der Waals surface area (Å²) in [5, 5.41) is 4.04. The van der Waals surface area contributed by atoms with Crippen molar-refractivity contribution < 1.29 is 14.2 Å². The highest BCUT2D eigenvalue weighted by molar-refractivity contribution is 6.33. The number of hydrogen-bond donors (Lipinski definition) is 1. The maximum Gasteiger partial charge on any atom is 0.179 e. The average Bonchev–Trinajstić information content (AvgIpc) is 2.93. The van der Waals surface area contributed by atoms with E-state index in [1.165, 1.54) is 6.42 Å². The van der Waals surface area contributed by atoms with E-state index in [4.69, 9.17) is 25.8 Å². The largest absolute Gasteiger partial charge is 0.496 e. The molecular formula is C14H20ClNO3. The fourth-order valence-electron chi connectivity index (χ4n) is 2.52. The van der Waals surface area contributed by atoms with Crippen molar-refractivity contribution in [2.45, 2.75) is 25.3 Å². The van der Waals surface area contributed by atoms with Crippen molar-refractivity contribution in [2.24, 2.45) is 0 Å². The van der Waals surface area contributed by atoms with Gasteiger partial charge in [0.05, 0.1) is 26.4 Å². The molecule has 2 rings (SSSR count). The van der Waals surface area contributed by atoms with Gasteiger partial charge < -0.3 is 19.5 Å². The first kappa shape index (κ1) is 14.3. The Morgan fingerprint density at radius 2 is 1.95 bits per heavy atom. The quantitative estimate of drug-likeness (QED) is 0.903. The lowest BCUT2D eigenvalue weighted by molar-refractivity contribution is 0.347. The van der Waals surface area contributed by atoms with Crippen molar-refractivity contribution in [3.63, 3.8) is 0 Å². The van der Waals surface area contributed by atoms with Gasteiger partial charge in [-0.1, -0.05) is 11.6 Å². The normalized spacial score (nSPS) is 18.4.